The Labute approximate surface area is 80.3 Å². The molecule has 0 amide bonds. The van der Waals surface area contributed by atoms with E-state index in [0.29, 0.717) is 12.0 Å². The van der Waals surface area contributed by atoms with Gasteiger partial charge in [-0.3, -0.25) is 0 Å². The van der Waals surface area contributed by atoms with Crippen molar-refractivity contribution < 1.29 is 14.3 Å². The summed E-state index contributed by atoms with van der Waals surface area (Å²) in [5.74, 6) is -1.91. The Kier molecular flexibility index (Phi) is 2.00. The van der Waals surface area contributed by atoms with Crippen LogP contribution in [0.5, 0.6) is 0 Å². The molecule has 14 heavy (non-hydrogen) atoms. The number of nitrogens with two attached hydrogens (primary N) is 1. The van der Waals surface area contributed by atoms with Gasteiger partial charge in [0.25, 0.3) is 0 Å². The number of carboxylic acids is 1. The zero-order valence-corrected chi connectivity index (χ0v) is 7.46. The van der Waals surface area contributed by atoms with E-state index in [0.717, 1.165) is 12.0 Å². The lowest BCUT2D eigenvalue weighted by Gasteiger charge is -2.07. The van der Waals surface area contributed by atoms with Crippen LogP contribution in [0.3, 0.4) is 0 Å². The van der Waals surface area contributed by atoms with Gasteiger partial charge in [-0.05, 0) is 24.5 Å². The third-order valence-corrected chi connectivity index (χ3v) is 2.60. The first-order chi connectivity index (χ1) is 6.61. The van der Waals surface area contributed by atoms with E-state index in [1.807, 2.05) is 0 Å². The molecule has 0 spiro atoms. The molecule has 0 saturated heterocycles. The third kappa shape index (κ3) is 1.19. The molecule has 1 atom stereocenters. The Bertz CT molecular complexity index is 403. The molecule has 0 fully saturated rings. The van der Waals surface area contributed by atoms with E-state index >= 15 is 0 Å². The van der Waals surface area contributed by atoms with Crippen LogP contribution >= 0.6 is 0 Å². The van der Waals surface area contributed by atoms with E-state index < -0.39 is 11.8 Å². The molecule has 1 aromatic carbocycles. The Morgan fingerprint density at radius 3 is 2.93 bits per heavy atom. The second-order valence-electron chi connectivity index (χ2n) is 3.45. The molecule has 74 valence electrons. The number of halogens is 1. The summed E-state index contributed by atoms with van der Waals surface area (Å²) in [4.78, 5) is 10.6. The molecule has 3 nitrogen and oxygen atoms in total. The van der Waals surface area contributed by atoms with Crippen molar-refractivity contribution in [1.29, 1.82) is 0 Å². The molecule has 3 N–H and O–H groups in total. The van der Waals surface area contributed by atoms with E-state index in [-0.39, 0.29) is 11.6 Å². The second-order valence-corrected chi connectivity index (χ2v) is 3.45. The molecule has 0 aliphatic heterocycles. The van der Waals surface area contributed by atoms with Crippen LogP contribution in [-0.4, -0.2) is 11.1 Å². The van der Waals surface area contributed by atoms with E-state index in [4.69, 9.17) is 10.8 Å². The summed E-state index contributed by atoms with van der Waals surface area (Å²) in [5.41, 5.74) is 6.61. The first-order valence-electron chi connectivity index (χ1n) is 4.41. The summed E-state index contributed by atoms with van der Waals surface area (Å²) in [5, 5.41) is 8.70. The molecule has 0 unspecified atom stereocenters. The third-order valence-electron chi connectivity index (χ3n) is 2.60. The van der Waals surface area contributed by atoms with Gasteiger partial charge >= 0.3 is 5.97 Å². The molecule has 1 aliphatic carbocycles. The van der Waals surface area contributed by atoms with Crippen molar-refractivity contribution in [3.8, 4) is 0 Å². The molecule has 0 radical (unpaired) electrons. The zero-order valence-electron chi connectivity index (χ0n) is 7.46. The fraction of sp³-hybridized carbons (Fsp3) is 0.300. The van der Waals surface area contributed by atoms with Gasteiger partial charge in [0.2, 0.25) is 0 Å². The predicted octanol–water partition coefficient (Wildman–Crippen LogP) is 1.47. The molecule has 2 rings (SSSR count). The Balaban J connectivity index is 2.61. The Hall–Kier alpha value is -1.42. The molecule has 0 aromatic heterocycles. The van der Waals surface area contributed by atoms with Gasteiger partial charge in [0.1, 0.15) is 5.82 Å². The van der Waals surface area contributed by atoms with Crippen molar-refractivity contribution in [3.05, 3.63) is 34.6 Å². The maximum Gasteiger partial charge on any atom is 0.338 e. The van der Waals surface area contributed by atoms with Crippen molar-refractivity contribution in [2.45, 2.75) is 18.9 Å². The lowest BCUT2D eigenvalue weighted by atomic mass is 10.0. The fourth-order valence-electron chi connectivity index (χ4n) is 1.87. The summed E-state index contributed by atoms with van der Waals surface area (Å²) in [7, 11) is 0. The molecular formula is C10H10FNO2. The summed E-state index contributed by atoms with van der Waals surface area (Å²) < 4.78 is 13.6. The smallest absolute Gasteiger partial charge is 0.338 e. The first-order valence-corrected chi connectivity index (χ1v) is 4.41. The molecule has 0 bridgehead atoms. The molecule has 0 saturated carbocycles. The number of benzene rings is 1. The minimum atomic E-state index is -1.25. The number of carbonyl (C=O) groups is 1. The van der Waals surface area contributed by atoms with Crippen LogP contribution in [0.15, 0.2) is 12.1 Å². The van der Waals surface area contributed by atoms with E-state index in [9.17, 15) is 9.18 Å². The van der Waals surface area contributed by atoms with Crippen LogP contribution in [0.2, 0.25) is 0 Å². The van der Waals surface area contributed by atoms with Gasteiger partial charge in [-0.2, -0.15) is 0 Å². The van der Waals surface area contributed by atoms with Gasteiger partial charge in [0, 0.05) is 11.6 Å². The van der Waals surface area contributed by atoms with Crippen LogP contribution in [-0.2, 0) is 6.42 Å². The van der Waals surface area contributed by atoms with Gasteiger partial charge in [-0.15, -0.1) is 0 Å². The molecule has 0 heterocycles. The van der Waals surface area contributed by atoms with Crippen LogP contribution in [0.1, 0.15) is 33.9 Å². The van der Waals surface area contributed by atoms with Crippen LogP contribution in [0.25, 0.3) is 0 Å². The van der Waals surface area contributed by atoms with Gasteiger partial charge in [0.05, 0.1) is 5.56 Å². The first kappa shape index (κ1) is 9.15. The van der Waals surface area contributed by atoms with Crippen molar-refractivity contribution in [3.63, 3.8) is 0 Å². The van der Waals surface area contributed by atoms with Crippen LogP contribution in [0.4, 0.5) is 4.39 Å². The van der Waals surface area contributed by atoms with Gasteiger partial charge in [-0.25, -0.2) is 9.18 Å². The van der Waals surface area contributed by atoms with Crippen molar-refractivity contribution in [2.75, 3.05) is 0 Å². The topological polar surface area (TPSA) is 63.3 Å². The van der Waals surface area contributed by atoms with Crippen LogP contribution in [0, 0.1) is 5.82 Å². The van der Waals surface area contributed by atoms with E-state index in [1.165, 1.54) is 6.07 Å². The average Bonchev–Trinajstić information content (AvgIpc) is 2.48. The molecule has 1 aliphatic rings. The summed E-state index contributed by atoms with van der Waals surface area (Å²) >= 11 is 0. The minimum Gasteiger partial charge on any atom is -0.478 e. The number of fused-ring (bicyclic) bond motifs is 1. The van der Waals surface area contributed by atoms with Crippen molar-refractivity contribution >= 4 is 5.97 Å². The quantitative estimate of drug-likeness (QED) is 0.713. The molecule has 1 aromatic rings. The number of hydrogen-bond acceptors (Lipinski definition) is 2. The maximum absolute atomic E-state index is 13.6. The molecule has 4 heteroatoms. The monoisotopic (exact) mass is 195 g/mol. The van der Waals surface area contributed by atoms with Gasteiger partial charge in [-0.1, -0.05) is 6.07 Å². The largest absolute Gasteiger partial charge is 0.478 e. The normalized spacial score (nSPS) is 19.4. The summed E-state index contributed by atoms with van der Waals surface area (Å²) in [6.45, 7) is 0. The van der Waals surface area contributed by atoms with Crippen molar-refractivity contribution in [1.82, 2.24) is 0 Å². The Morgan fingerprint density at radius 1 is 1.57 bits per heavy atom. The van der Waals surface area contributed by atoms with Crippen molar-refractivity contribution in [2.24, 2.45) is 5.73 Å². The highest BCUT2D eigenvalue weighted by Crippen LogP contribution is 2.32. The molecular weight excluding hydrogens is 185 g/mol. The number of rotatable bonds is 1. The minimum absolute atomic E-state index is 0.291. The maximum atomic E-state index is 13.6. The second kappa shape index (κ2) is 3.06. The van der Waals surface area contributed by atoms with E-state index in [2.05, 4.69) is 0 Å². The average molecular weight is 195 g/mol. The van der Waals surface area contributed by atoms with Gasteiger partial charge in [0.15, 0.2) is 0 Å². The highest BCUT2D eigenvalue weighted by Gasteiger charge is 2.26. The van der Waals surface area contributed by atoms with E-state index in [1.54, 1.807) is 6.07 Å². The Morgan fingerprint density at radius 2 is 2.29 bits per heavy atom. The van der Waals surface area contributed by atoms with Crippen LogP contribution < -0.4 is 5.73 Å². The highest BCUT2D eigenvalue weighted by atomic mass is 19.1. The summed E-state index contributed by atoms with van der Waals surface area (Å²) in [6, 6.07) is 2.59. The zero-order chi connectivity index (χ0) is 10.3. The lowest BCUT2D eigenvalue weighted by Crippen LogP contribution is -2.11. The SMILES string of the molecule is N[C@H]1CCc2ccc(C(=O)O)c(F)c21. The standard InChI is InChI=1S/C10H10FNO2/c11-9-6(10(13)14)3-1-5-2-4-7(12)8(5)9/h1,3,7H,2,4,12H2,(H,13,14)/t7-/m0/s1. The number of hydrogen-bond donors (Lipinski definition) is 2. The van der Waals surface area contributed by atoms with Gasteiger partial charge < -0.3 is 10.8 Å². The number of carboxylic acid groups (broad SMARTS) is 1. The lowest BCUT2D eigenvalue weighted by molar-refractivity contribution is 0.0691. The highest BCUT2D eigenvalue weighted by molar-refractivity contribution is 5.88. The number of aromatic carboxylic acids is 1. The number of aryl methyl sites for hydroxylation is 1. The summed E-state index contributed by atoms with van der Waals surface area (Å²) in [6.07, 6.45) is 1.42. The predicted molar refractivity (Wildman–Crippen MR) is 48.6 cm³/mol. The fourth-order valence-corrected chi connectivity index (χ4v) is 1.87.